The fourth-order valence-electron chi connectivity index (χ4n) is 8.57. The lowest BCUT2D eigenvalue weighted by molar-refractivity contribution is -0.870. The molecule has 0 saturated heterocycles. The average molecular weight is 927 g/mol. The number of aliphatic hydroxyl groups is 1. The molecule has 0 aromatic carbocycles. The van der Waals surface area contributed by atoms with Gasteiger partial charge in [0.25, 0.3) is 7.82 Å². The number of phosphoric acid groups is 1. The van der Waals surface area contributed by atoms with E-state index in [-0.39, 0.29) is 19.1 Å². The molecule has 0 aliphatic heterocycles. The second-order valence-electron chi connectivity index (χ2n) is 20.6. The molecule has 0 bridgehead atoms. The van der Waals surface area contributed by atoms with Gasteiger partial charge in [-0.25, -0.2) is 0 Å². The maximum absolute atomic E-state index is 12.9. The van der Waals surface area contributed by atoms with Crippen molar-refractivity contribution in [1.82, 2.24) is 5.32 Å². The second kappa shape index (κ2) is 47.3. The first-order valence-corrected chi connectivity index (χ1v) is 29.5. The number of unbranched alkanes of at least 4 members (excludes halogenated alkanes) is 37. The van der Waals surface area contributed by atoms with Gasteiger partial charge in [0.2, 0.25) is 5.91 Å². The van der Waals surface area contributed by atoms with Gasteiger partial charge < -0.3 is 28.8 Å². The molecule has 1 amide bonds. The third kappa shape index (κ3) is 49.2. The van der Waals surface area contributed by atoms with Gasteiger partial charge in [-0.1, -0.05) is 251 Å². The molecular formula is C55H111N2O6P. The number of hydrogen-bond acceptors (Lipinski definition) is 6. The lowest BCUT2D eigenvalue weighted by atomic mass is 10.0. The van der Waals surface area contributed by atoms with Crippen LogP contribution in [-0.4, -0.2) is 68.5 Å². The number of rotatable bonds is 52. The summed E-state index contributed by atoms with van der Waals surface area (Å²) in [5, 5.41) is 14.0. The van der Waals surface area contributed by atoms with E-state index in [9.17, 15) is 19.4 Å². The molecule has 64 heavy (non-hydrogen) atoms. The summed E-state index contributed by atoms with van der Waals surface area (Å²) in [4.78, 5) is 25.5. The zero-order valence-corrected chi connectivity index (χ0v) is 44.4. The highest BCUT2D eigenvalue weighted by molar-refractivity contribution is 7.45. The SMILES string of the molecule is CCCCCCCC/C=C\CCCCCCCC(=O)NC(COP(=O)([O-])OCC[N+](C)(C)C)C(O)CCCCCCCCCCCCCCCCCCCCCCCCCCCCC. The standard InChI is InChI=1S/C55H111N2O6P/c1-6-8-10-12-14-16-18-20-22-23-24-25-26-27-28-29-30-31-32-33-35-36-38-40-42-44-46-48-54(58)53(52-63-64(60,61)62-51-50-57(3,4)5)56-55(59)49-47-45-43-41-39-37-34-21-19-17-15-13-11-9-7-2/h21,34,53-54,58H,6-20,22-33,35-52H2,1-5H3,(H-,56,59,60,61)/b34-21-. The van der Waals surface area contributed by atoms with E-state index >= 15 is 0 Å². The van der Waals surface area contributed by atoms with E-state index in [0.717, 1.165) is 51.4 Å². The van der Waals surface area contributed by atoms with Gasteiger partial charge in [0.05, 0.1) is 39.9 Å². The Bertz CT molecular complexity index is 1050. The molecule has 3 unspecified atom stereocenters. The predicted octanol–water partition coefficient (Wildman–Crippen LogP) is 16.0. The van der Waals surface area contributed by atoms with Crippen molar-refractivity contribution in [3.05, 3.63) is 12.2 Å². The molecule has 382 valence electrons. The first kappa shape index (κ1) is 63.2. The molecule has 8 nitrogen and oxygen atoms in total. The highest BCUT2D eigenvalue weighted by Gasteiger charge is 2.24. The average Bonchev–Trinajstić information content (AvgIpc) is 3.25. The molecule has 0 radical (unpaired) electrons. The van der Waals surface area contributed by atoms with Crippen LogP contribution in [0.2, 0.25) is 0 Å². The number of quaternary nitrogens is 1. The molecule has 0 heterocycles. The Balaban J connectivity index is 4.10. The lowest BCUT2D eigenvalue weighted by Gasteiger charge is -2.30. The van der Waals surface area contributed by atoms with Crippen molar-refractivity contribution in [1.29, 1.82) is 0 Å². The first-order valence-electron chi connectivity index (χ1n) is 28.0. The van der Waals surface area contributed by atoms with Crippen LogP contribution in [-0.2, 0) is 18.4 Å². The largest absolute Gasteiger partial charge is 0.756 e. The fraction of sp³-hybridized carbons (Fsp3) is 0.945. The summed E-state index contributed by atoms with van der Waals surface area (Å²) < 4.78 is 23.4. The van der Waals surface area contributed by atoms with Crippen LogP contribution in [0.4, 0.5) is 0 Å². The Kier molecular flexibility index (Phi) is 46.8. The third-order valence-electron chi connectivity index (χ3n) is 13.0. The van der Waals surface area contributed by atoms with E-state index < -0.39 is 20.0 Å². The van der Waals surface area contributed by atoms with Crippen LogP contribution in [0.15, 0.2) is 12.2 Å². The number of nitrogens with zero attached hydrogens (tertiary/aromatic N) is 1. The normalized spacial score (nSPS) is 14.0. The molecule has 0 fully saturated rings. The van der Waals surface area contributed by atoms with Gasteiger partial charge in [0.1, 0.15) is 13.2 Å². The van der Waals surface area contributed by atoms with Crippen LogP contribution in [0.5, 0.6) is 0 Å². The molecule has 2 N–H and O–H groups in total. The van der Waals surface area contributed by atoms with Crippen molar-refractivity contribution in [2.45, 2.75) is 296 Å². The first-order chi connectivity index (χ1) is 31.0. The van der Waals surface area contributed by atoms with E-state index in [2.05, 4.69) is 31.3 Å². The predicted molar refractivity (Wildman–Crippen MR) is 275 cm³/mol. The van der Waals surface area contributed by atoms with E-state index in [0.29, 0.717) is 23.9 Å². The van der Waals surface area contributed by atoms with Crippen molar-refractivity contribution in [2.75, 3.05) is 40.9 Å². The van der Waals surface area contributed by atoms with Crippen LogP contribution in [0.3, 0.4) is 0 Å². The second-order valence-corrected chi connectivity index (χ2v) is 22.1. The van der Waals surface area contributed by atoms with Crippen molar-refractivity contribution in [2.24, 2.45) is 0 Å². The zero-order valence-electron chi connectivity index (χ0n) is 43.5. The summed E-state index contributed by atoms with van der Waals surface area (Å²) in [5.41, 5.74) is 0. The Hall–Kier alpha value is -0.760. The van der Waals surface area contributed by atoms with Crippen LogP contribution in [0.1, 0.15) is 284 Å². The molecule has 0 aromatic heterocycles. The minimum atomic E-state index is -4.57. The molecule has 0 aromatic rings. The third-order valence-corrected chi connectivity index (χ3v) is 14.0. The highest BCUT2D eigenvalue weighted by atomic mass is 31.2. The molecule has 0 spiro atoms. The molecule has 0 aliphatic rings. The van der Waals surface area contributed by atoms with Gasteiger partial charge in [-0.2, -0.15) is 0 Å². The minimum absolute atomic E-state index is 0.0128. The molecule has 0 rings (SSSR count). The number of carbonyl (C=O) groups is 1. The molecule has 3 atom stereocenters. The molecule has 9 heteroatoms. The van der Waals surface area contributed by atoms with E-state index in [1.807, 2.05) is 21.1 Å². The monoisotopic (exact) mass is 927 g/mol. The van der Waals surface area contributed by atoms with Gasteiger partial charge in [-0.05, 0) is 38.5 Å². The lowest BCUT2D eigenvalue weighted by Crippen LogP contribution is -2.46. The van der Waals surface area contributed by atoms with Crippen molar-refractivity contribution >= 4 is 13.7 Å². The smallest absolute Gasteiger partial charge is 0.268 e. The van der Waals surface area contributed by atoms with Crippen LogP contribution in [0, 0.1) is 0 Å². The van der Waals surface area contributed by atoms with Crippen molar-refractivity contribution in [3.63, 3.8) is 0 Å². The summed E-state index contributed by atoms with van der Waals surface area (Å²) in [6, 6.07) is -0.802. The van der Waals surface area contributed by atoms with Gasteiger partial charge in [0.15, 0.2) is 0 Å². The number of carbonyl (C=O) groups excluding carboxylic acids is 1. The van der Waals surface area contributed by atoms with Gasteiger partial charge in [-0.3, -0.25) is 9.36 Å². The number of likely N-dealkylation sites (N-methyl/N-ethyl adjacent to an activating group) is 1. The topological polar surface area (TPSA) is 108 Å². The molecule has 0 aliphatic carbocycles. The Morgan fingerprint density at radius 2 is 0.859 bits per heavy atom. The number of nitrogens with one attached hydrogen (secondary N) is 1. The molecule has 0 saturated carbocycles. The Labute approximate surface area is 399 Å². The van der Waals surface area contributed by atoms with E-state index in [1.165, 1.54) is 205 Å². The summed E-state index contributed by atoms with van der Waals surface area (Å²) in [6.07, 6.45) is 56.7. The van der Waals surface area contributed by atoms with Crippen LogP contribution >= 0.6 is 7.82 Å². The van der Waals surface area contributed by atoms with Crippen molar-refractivity contribution in [3.8, 4) is 0 Å². The zero-order chi connectivity index (χ0) is 47.1. The summed E-state index contributed by atoms with van der Waals surface area (Å²) in [7, 11) is 1.31. The Morgan fingerprint density at radius 3 is 1.22 bits per heavy atom. The van der Waals surface area contributed by atoms with Crippen LogP contribution in [0.25, 0.3) is 0 Å². The number of phosphoric ester groups is 1. The maximum atomic E-state index is 12.9. The van der Waals surface area contributed by atoms with E-state index in [1.54, 1.807) is 0 Å². The van der Waals surface area contributed by atoms with Gasteiger partial charge in [-0.15, -0.1) is 0 Å². The maximum Gasteiger partial charge on any atom is 0.268 e. The van der Waals surface area contributed by atoms with E-state index in [4.69, 9.17) is 9.05 Å². The Morgan fingerprint density at radius 1 is 0.531 bits per heavy atom. The summed E-state index contributed by atoms with van der Waals surface area (Å²) in [6.45, 7) is 4.74. The van der Waals surface area contributed by atoms with Gasteiger partial charge in [0, 0.05) is 6.42 Å². The quantitative estimate of drug-likeness (QED) is 0.0272. The minimum Gasteiger partial charge on any atom is -0.756 e. The fourth-order valence-corrected chi connectivity index (χ4v) is 9.29. The summed E-state index contributed by atoms with van der Waals surface area (Å²) >= 11 is 0. The van der Waals surface area contributed by atoms with Crippen LogP contribution < -0.4 is 10.2 Å². The number of amides is 1. The highest BCUT2D eigenvalue weighted by Crippen LogP contribution is 2.38. The number of hydrogen-bond donors (Lipinski definition) is 2. The van der Waals surface area contributed by atoms with Gasteiger partial charge >= 0.3 is 0 Å². The van der Waals surface area contributed by atoms with Crippen molar-refractivity contribution < 1.29 is 32.9 Å². The summed E-state index contributed by atoms with van der Waals surface area (Å²) in [5.74, 6) is -0.169. The number of aliphatic hydroxyl groups excluding tert-OH is 1. The number of allylic oxidation sites excluding steroid dienone is 2. The molecular weight excluding hydrogens is 816 g/mol.